The quantitative estimate of drug-likeness (QED) is 0.839. The van der Waals surface area contributed by atoms with Crippen LogP contribution in [0.15, 0.2) is 18.2 Å². The SMILES string of the molecule is COc1cc(C(C)C)ccc1C1CCN(CCCC(N)=O)CC1. The van der Waals surface area contributed by atoms with Gasteiger partial charge in [0.05, 0.1) is 7.11 Å². The number of hydrogen-bond donors (Lipinski definition) is 1. The van der Waals surface area contributed by atoms with E-state index in [-0.39, 0.29) is 5.91 Å². The number of carbonyl (C=O) groups excluding carboxylic acids is 1. The molecule has 0 bridgehead atoms. The summed E-state index contributed by atoms with van der Waals surface area (Å²) in [7, 11) is 1.77. The Labute approximate surface area is 140 Å². The van der Waals surface area contributed by atoms with Gasteiger partial charge in [-0.25, -0.2) is 0 Å². The fraction of sp³-hybridized carbons (Fsp3) is 0.632. The molecular formula is C19H30N2O2. The molecule has 2 N–H and O–H groups in total. The lowest BCUT2D eigenvalue weighted by Crippen LogP contribution is -2.34. The lowest BCUT2D eigenvalue weighted by Gasteiger charge is -2.32. The molecule has 0 spiro atoms. The highest BCUT2D eigenvalue weighted by Gasteiger charge is 2.23. The van der Waals surface area contributed by atoms with Crippen molar-refractivity contribution in [1.29, 1.82) is 0 Å². The zero-order valence-electron chi connectivity index (χ0n) is 14.7. The Kier molecular flexibility index (Phi) is 6.46. The number of nitrogens with zero attached hydrogens (tertiary/aromatic N) is 1. The topological polar surface area (TPSA) is 55.6 Å². The molecule has 0 aromatic heterocycles. The van der Waals surface area contributed by atoms with Gasteiger partial charge in [0.1, 0.15) is 5.75 Å². The summed E-state index contributed by atoms with van der Waals surface area (Å²) in [5, 5.41) is 0. The van der Waals surface area contributed by atoms with Crippen molar-refractivity contribution < 1.29 is 9.53 Å². The number of amides is 1. The molecular weight excluding hydrogens is 288 g/mol. The molecule has 0 aliphatic carbocycles. The van der Waals surface area contributed by atoms with Crippen molar-refractivity contribution >= 4 is 5.91 Å². The maximum absolute atomic E-state index is 10.8. The molecule has 1 amide bonds. The van der Waals surface area contributed by atoms with Crippen LogP contribution in [0.5, 0.6) is 5.75 Å². The maximum atomic E-state index is 10.8. The molecule has 23 heavy (non-hydrogen) atoms. The van der Waals surface area contributed by atoms with Gasteiger partial charge in [-0.2, -0.15) is 0 Å². The van der Waals surface area contributed by atoms with E-state index in [2.05, 4.69) is 36.9 Å². The number of nitrogens with two attached hydrogens (primary N) is 1. The highest BCUT2D eigenvalue weighted by atomic mass is 16.5. The van der Waals surface area contributed by atoms with Gasteiger partial charge in [-0.15, -0.1) is 0 Å². The molecule has 0 atom stereocenters. The fourth-order valence-corrected chi connectivity index (χ4v) is 3.37. The summed E-state index contributed by atoms with van der Waals surface area (Å²) in [5.74, 6) is 1.92. The van der Waals surface area contributed by atoms with Crippen molar-refractivity contribution in [2.24, 2.45) is 5.73 Å². The Bertz CT molecular complexity index is 520. The fourth-order valence-electron chi connectivity index (χ4n) is 3.37. The van der Waals surface area contributed by atoms with Crippen LogP contribution in [0.3, 0.4) is 0 Å². The van der Waals surface area contributed by atoms with Gasteiger partial charge in [-0.05, 0) is 67.9 Å². The first-order valence-electron chi connectivity index (χ1n) is 8.69. The zero-order valence-corrected chi connectivity index (χ0v) is 14.7. The van der Waals surface area contributed by atoms with Crippen molar-refractivity contribution in [3.63, 3.8) is 0 Å². The number of piperidine rings is 1. The van der Waals surface area contributed by atoms with E-state index in [0.717, 1.165) is 44.6 Å². The highest BCUT2D eigenvalue weighted by Crippen LogP contribution is 2.36. The minimum absolute atomic E-state index is 0.199. The number of methoxy groups -OCH3 is 1. The van der Waals surface area contributed by atoms with Crippen LogP contribution < -0.4 is 10.5 Å². The van der Waals surface area contributed by atoms with Crippen molar-refractivity contribution in [2.45, 2.75) is 51.4 Å². The van der Waals surface area contributed by atoms with E-state index in [4.69, 9.17) is 10.5 Å². The van der Waals surface area contributed by atoms with E-state index in [1.54, 1.807) is 7.11 Å². The van der Waals surface area contributed by atoms with Gasteiger partial charge < -0.3 is 15.4 Å². The van der Waals surface area contributed by atoms with Crippen LogP contribution in [0.25, 0.3) is 0 Å². The van der Waals surface area contributed by atoms with E-state index >= 15 is 0 Å². The van der Waals surface area contributed by atoms with E-state index in [1.807, 2.05) is 0 Å². The molecule has 2 rings (SSSR count). The number of ether oxygens (including phenoxy) is 1. The number of primary amides is 1. The number of rotatable bonds is 7. The Hall–Kier alpha value is -1.55. The molecule has 4 nitrogen and oxygen atoms in total. The van der Waals surface area contributed by atoms with Gasteiger partial charge >= 0.3 is 0 Å². The van der Waals surface area contributed by atoms with E-state index < -0.39 is 0 Å². The normalized spacial score (nSPS) is 16.7. The average Bonchev–Trinajstić information content (AvgIpc) is 2.54. The minimum Gasteiger partial charge on any atom is -0.496 e. The summed E-state index contributed by atoms with van der Waals surface area (Å²) >= 11 is 0. The summed E-state index contributed by atoms with van der Waals surface area (Å²) < 4.78 is 5.64. The predicted molar refractivity (Wildman–Crippen MR) is 93.9 cm³/mol. The summed E-state index contributed by atoms with van der Waals surface area (Å²) in [4.78, 5) is 13.3. The molecule has 1 fully saturated rings. The van der Waals surface area contributed by atoms with Crippen molar-refractivity contribution in [3.05, 3.63) is 29.3 Å². The van der Waals surface area contributed by atoms with Crippen LogP contribution in [-0.2, 0) is 4.79 Å². The second-order valence-electron chi connectivity index (χ2n) is 6.84. The summed E-state index contributed by atoms with van der Waals surface area (Å²) in [5.41, 5.74) is 7.87. The third kappa shape index (κ3) is 4.96. The number of hydrogen-bond acceptors (Lipinski definition) is 3. The van der Waals surface area contributed by atoms with E-state index in [9.17, 15) is 4.79 Å². The third-order valence-corrected chi connectivity index (χ3v) is 4.85. The maximum Gasteiger partial charge on any atom is 0.217 e. The Morgan fingerprint density at radius 1 is 1.35 bits per heavy atom. The molecule has 1 aromatic carbocycles. The minimum atomic E-state index is -0.199. The average molecular weight is 318 g/mol. The standard InChI is InChI=1S/C19H30N2O2/c1-14(2)16-6-7-17(18(13-16)23-3)15-8-11-21(12-9-15)10-4-5-19(20)22/h6-7,13-15H,4-5,8-12H2,1-3H3,(H2,20,22). The summed E-state index contributed by atoms with van der Waals surface area (Å²) in [6.07, 6.45) is 3.65. The van der Waals surface area contributed by atoms with Gasteiger partial charge in [0.15, 0.2) is 0 Å². The van der Waals surface area contributed by atoms with Crippen LogP contribution in [0.2, 0.25) is 0 Å². The molecule has 4 heteroatoms. The van der Waals surface area contributed by atoms with Crippen LogP contribution in [0.1, 0.15) is 62.5 Å². The van der Waals surface area contributed by atoms with Gasteiger partial charge in [-0.1, -0.05) is 26.0 Å². The first-order chi connectivity index (χ1) is 11.0. The number of benzene rings is 1. The lowest BCUT2D eigenvalue weighted by atomic mass is 9.87. The third-order valence-electron chi connectivity index (χ3n) is 4.85. The largest absolute Gasteiger partial charge is 0.496 e. The summed E-state index contributed by atoms with van der Waals surface area (Å²) in [6, 6.07) is 6.68. The molecule has 0 saturated carbocycles. The molecule has 1 heterocycles. The molecule has 0 radical (unpaired) electrons. The van der Waals surface area contributed by atoms with Crippen LogP contribution in [0, 0.1) is 0 Å². The van der Waals surface area contributed by atoms with Gasteiger partial charge in [0.25, 0.3) is 0 Å². The summed E-state index contributed by atoms with van der Waals surface area (Å²) in [6.45, 7) is 7.55. The second-order valence-corrected chi connectivity index (χ2v) is 6.84. The van der Waals surface area contributed by atoms with E-state index in [0.29, 0.717) is 18.3 Å². The monoisotopic (exact) mass is 318 g/mol. The second kappa shape index (κ2) is 8.34. The predicted octanol–water partition coefficient (Wildman–Crippen LogP) is 3.26. The van der Waals surface area contributed by atoms with Crippen molar-refractivity contribution in [2.75, 3.05) is 26.7 Å². The molecule has 1 aliphatic heterocycles. The van der Waals surface area contributed by atoms with Crippen LogP contribution in [-0.4, -0.2) is 37.6 Å². The molecule has 1 saturated heterocycles. The lowest BCUT2D eigenvalue weighted by molar-refractivity contribution is -0.118. The molecule has 128 valence electrons. The van der Waals surface area contributed by atoms with Crippen molar-refractivity contribution in [1.82, 2.24) is 4.90 Å². The first kappa shape index (κ1) is 17.8. The smallest absolute Gasteiger partial charge is 0.217 e. The Balaban J connectivity index is 1.93. The first-order valence-corrected chi connectivity index (χ1v) is 8.69. The highest BCUT2D eigenvalue weighted by molar-refractivity contribution is 5.73. The van der Waals surface area contributed by atoms with Crippen LogP contribution >= 0.6 is 0 Å². The number of likely N-dealkylation sites (tertiary alicyclic amines) is 1. The van der Waals surface area contributed by atoms with Gasteiger partial charge in [0.2, 0.25) is 5.91 Å². The molecule has 0 unspecified atom stereocenters. The van der Waals surface area contributed by atoms with Gasteiger partial charge in [-0.3, -0.25) is 4.79 Å². The number of carbonyl (C=O) groups is 1. The molecule has 1 aromatic rings. The van der Waals surface area contributed by atoms with E-state index in [1.165, 1.54) is 11.1 Å². The zero-order chi connectivity index (χ0) is 16.8. The van der Waals surface area contributed by atoms with Gasteiger partial charge in [0, 0.05) is 6.42 Å². The van der Waals surface area contributed by atoms with Crippen LogP contribution in [0.4, 0.5) is 0 Å². The Morgan fingerprint density at radius 3 is 2.61 bits per heavy atom. The van der Waals surface area contributed by atoms with Crippen molar-refractivity contribution in [3.8, 4) is 5.75 Å². The Morgan fingerprint density at radius 2 is 2.04 bits per heavy atom. The molecule has 1 aliphatic rings.